The van der Waals surface area contributed by atoms with Crippen molar-refractivity contribution in [2.24, 2.45) is 0 Å². The fraction of sp³-hybridized carbons (Fsp3) is 0.0952. The molecule has 0 saturated carbocycles. The van der Waals surface area contributed by atoms with Crippen LogP contribution in [0.5, 0.6) is 0 Å². The Bertz CT molecular complexity index is 1160. The zero-order chi connectivity index (χ0) is 19.5. The first-order valence-electron chi connectivity index (χ1n) is 8.62. The Labute approximate surface area is 159 Å². The van der Waals surface area contributed by atoms with E-state index in [-0.39, 0.29) is 12.1 Å². The van der Waals surface area contributed by atoms with Crippen molar-refractivity contribution >= 4 is 16.9 Å². The van der Waals surface area contributed by atoms with Crippen molar-refractivity contribution < 1.29 is 8.78 Å². The molecular formula is C21H15F2N5. The number of rotatable bonds is 5. The minimum Gasteiger partial charge on any atom is -0.366 e. The third kappa shape index (κ3) is 3.53. The van der Waals surface area contributed by atoms with Crippen molar-refractivity contribution in [3.8, 4) is 6.07 Å². The smallest absolute Gasteiger partial charge is 0.137 e. The van der Waals surface area contributed by atoms with E-state index < -0.39 is 11.6 Å². The van der Waals surface area contributed by atoms with Crippen LogP contribution in [0.1, 0.15) is 22.3 Å². The van der Waals surface area contributed by atoms with Crippen LogP contribution in [0, 0.1) is 23.0 Å². The lowest BCUT2D eigenvalue weighted by Crippen LogP contribution is -2.05. The maximum Gasteiger partial charge on any atom is 0.137 e. The maximum absolute atomic E-state index is 13.7. The molecule has 3 heterocycles. The average Bonchev–Trinajstić information content (AvgIpc) is 3.10. The van der Waals surface area contributed by atoms with Crippen molar-refractivity contribution in [2.75, 3.05) is 5.32 Å². The first-order valence-corrected chi connectivity index (χ1v) is 8.62. The van der Waals surface area contributed by atoms with Crippen LogP contribution in [0.2, 0.25) is 0 Å². The summed E-state index contributed by atoms with van der Waals surface area (Å²) in [5.74, 6) is -0.652. The Kier molecular flexibility index (Phi) is 4.68. The largest absolute Gasteiger partial charge is 0.366 e. The number of fused-ring (bicyclic) bond motifs is 1. The van der Waals surface area contributed by atoms with E-state index in [1.165, 1.54) is 24.4 Å². The zero-order valence-corrected chi connectivity index (χ0v) is 14.7. The summed E-state index contributed by atoms with van der Waals surface area (Å²) in [6.07, 6.45) is 5.72. The minimum atomic E-state index is -0.589. The Hall–Kier alpha value is -3.79. The fourth-order valence-electron chi connectivity index (χ4n) is 3.00. The average molecular weight is 375 g/mol. The van der Waals surface area contributed by atoms with Crippen molar-refractivity contribution in [1.29, 1.82) is 5.26 Å². The molecule has 0 saturated heterocycles. The summed E-state index contributed by atoms with van der Waals surface area (Å²) < 4.78 is 27.4. The van der Waals surface area contributed by atoms with E-state index >= 15 is 0 Å². The SMILES string of the molecule is N#Cc1cnc2[nH]cc(Cc3ccc(NCc4c(F)cccc4F)nc3)c2c1. The van der Waals surface area contributed by atoms with E-state index in [0.717, 1.165) is 22.2 Å². The van der Waals surface area contributed by atoms with Gasteiger partial charge in [0.05, 0.1) is 5.56 Å². The van der Waals surface area contributed by atoms with Gasteiger partial charge in [-0.25, -0.2) is 18.7 Å². The molecule has 0 radical (unpaired) electrons. The van der Waals surface area contributed by atoms with Crippen LogP contribution in [0.4, 0.5) is 14.6 Å². The fourth-order valence-corrected chi connectivity index (χ4v) is 3.00. The summed E-state index contributed by atoms with van der Waals surface area (Å²) in [5, 5.41) is 12.9. The number of pyridine rings is 2. The number of hydrogen-bond donors (Lipinski definition) is 2. The van der Waals surface area contributed by atoms with Gasteiger partial charge >= 0.3 is 0 Å². The highest BCUT2D eigenvalue weighted by Gasteiger charge is 2.09. The first-order chi connectivity index (χ1) is 13.6. The minimum absolute atomic E-state index is 0.00983. The van der Waals surface area contributed by atoms with Gasteiger partial charge in [0, 0.05) is 42.5 Å². The van der Waals surface area contributed by atoms with Gasteiger partial charge in [0.1, 0.15) is 29.2 Å². The molecule has 0 aliphatic carbocycles. The highest BCUT2D eigenvalue weighted by Crippen LogP contribution is 2.21. The molecule has 0 aliphatic rings. The van der Waals surface area contributed by atoms with Gasteiger partial charge in [-0.3, -0.25) is 0 Å². The van der Waals surface area contributed by atoms with Crippen molar-refractivity contribution in [1.82, 2.24) is 15.0 Å². The summed E-state index contributed by atoms with van der Waals surface area (Å²) in [5.41, 5.74) is 3.19. The van der Waals surface area contributed by atoms with E-state index in [1.54, 1.807) is 18.3 Å². The van der Waals surface area contributed by atoms with Gasteiger partial charge in [0.2, 0.25) is 0 Å². The second-order valence-corrected chi connectivity index (χ2v) is 6.33. The van der Waals surface area contributed by atoms with E-state index in [1.807, 2.05) is 12.3 Å². The second-order valence-electron chi connectivity index (χ2n) is 6.33. The van der Waals surface area contributed by atoms with E-state index in [9.17, 15) is 8.78 Å². The molecule has 0 bridgehead atoms. The van der Waals surface area contributed by atoms with Gasteiger partial charge in [-0.1, -0.05) is 12.1 Å². The predicted molar refractivity (Wildman–Crippen MR) is 102 cm³/mol. The molecule has 2 N–H and O–H groups in total. The van der Waals surface area contributed by atoms with Crippen LogP contribution in [-0.4, -0.2) is 15.0 Å². The van der Waals surface area contributed by atoms with E-state index in [0.29, 0.717) is 17.8 Å². The molecule has 4 aromatic rings. The molecule has 1 aromatic carbocycles. The number of H-pyrrole nitrogens is 1. The van der Waals surface area contributed by atoms with Gasteiger partial charge in [0.25, 0.3) is 0 Å². The lowest BCUT2D eigenvalue weighted by Gasteiger charge is -2.08. The molecule has 0 aliphatic heterocycles. The van der Waals surface area contributed by atoms with Crippen molar-refractivity contribution in [3.63, 3.8) is 0 Å². The lowest BCUT2D eigenvalue weighted by atomic mass is 10.1. The highest BCUT2D eigenvalue weighted by atomic mass is 19.1. The predicted octanol–water partition coefficient (Wildman–Crippen LogP) is 4.31. The normalized spacial score (nSPS) is 10.8. The molecule has 0 fully saturated rings. The van der Waals surface area contributed by atoms with Gasteiger partial charge in [0.15, 0.2) is 0 Å². The van der Waals surface area contributed by atoms with Crippen LogP contribution < -0.4 is 5.32 Å². The summed E-state index contributed by atoms with van der Waals surface area (Å²) >= 11 is 0. The number of nitrogens with zero attached hydrogens (tertiary/aromatic N) is 3. The first kappa shape index (κ1) is 17.6. The molecule has 3 aromatic heterocycles. The van der Waals surface area contributed by atoms with Gasteiger partial charge < -0.3 is 10.3 Å². The third-order valence-corrected chi connectivity index (χ3v) is 4.47. The number of nitriles is 1. The van der Waals surface area contributed by atoms with Gasteiger partial charge in [-0.15, -0.1) is 0 Å². The molecule has 5 nitrogen and oxygen atoms in total. The number of nitrogens with one attached hydrogen (secondary N) is 2. The number of aromatic nitrogens is 3. The number of aromatic amines is 1. The zero-order valence-electron chi connectivity index (χ0n) is 14.7. The molecule has 0 unspecified atom stereocenters. The third-order valence-electron chi connectivity index (χ3n) is 4.47. The van der Waals surface area contributed by atoms with Crippen LogP contribution >= 0.6 is 0 Å². The Morgan fingerprint density at radius 2 is 1.89 bits per heavy atom. The van der Waals surface area contributed by atoms with Crippen LogP contribution in [-0.2, 0) is 13.0 Å². The van der Waals surface area contributed by atoms with Crippen molar-refractivity contribution in [3.05, 3.63) is 88.9 Å². The van der Waals surface area contributed by atoms with Crippen LogP contribution in [0.25, 0.3) is 11.0 Å². The summed E-state index contributed by atoms with van der Waals surface area (Å²) in [6.45, 7) is 0.00983. The van der Waals surface area contributed by atoms with Gasteiger partial charge in [-0.2, -0.15) is 5.26 Å². The van der Waals surface area contributed by atoms with Crippen molar-refractivity contribution in [2.45, 2.75) is 13.0 Å². The topological polar surface area (TPSA) is 77.4 Å². The summed E-state index contributed by atoms with van der Waals surface area (Å²) in [6, 6.07) is 11.3. The van der Waals surface area contributed by atoms with Crippen LogP contribution in [0.15, 0.2) is 55.0 Å². The molecule has 0 amide bonds. The van der Waals surface area contributed by atoms with Crippen LogP contribution in [0.3, 0.4) is 0 Å². The Morgan fingerprint density at radius 3 is 2.61 bits per heavy atom. The molecule has 0 atom stereocenters. The number of anilines is 1. The van der Waals surface area contributed by atoms with Gasteiger partial charge in [-0.05, 0) is 35.4 Å². The molecule has 7 heteroatoms. The molecule has 28 heavy (non-hydrogen) atoms. The summed E-state index contributed by atoms with van der Waals surface area (Å²) in [4.78, 5) is 11.6. The monoisotopic (exact) mass is 375 g/mol. The number of hydrogen-bond acceptors (Lipinski definition) is 4. The standard InChI is InChI=1S/C21H15F2N5/c22-18-2-1-3-19(23)17(18)12-26-20-5-4-13(9-25-20)6-15-11-28-21-16(15)7-14(8-24)10-27-21/h1-5,7,9-11H,6,12H2,(H,25,26)(H,27,28). The molecule has 4 rings (SSSR count). The Balaban J connectivity index is 1.47. The quantitative estimate of drug-likeness (QED) is 0.545. The number of halogens is 2. The van der Waals surface area contributed by atoms with E-state index in [4.69, 9.17) is 5.26 Å². The number of benzene rings is 1. The second kappa shape index (κ2) is 7.45. The molecular weight excluding hydrogens is 360 g/mol. The highest BCUT2D eigenvalue weighted by molar-refractivity contribution is 5.81. The van der Waals surface area contributed by atoms with E-state index in [2.05, 4.69) is 26.3 Å². The molecule has 0 spiro atoms. The maximum atomic E-state index is 13.7. The lowest BCUT2D eigenvalue weighted by molar-refractivity contribution is 0.560. The molecule has 138 valence electrons. The summed E-state index contributed by atoms with van der Waals surface area (Å²) in [7, 11) is 0. The Morgan fingerprint density at radius 1 is 1.07 bits per heavy atom.